The van der Waals surface area contributed by atoms with Gasteiger partial charge in [0.15, 0.2) is 16.5 Å². The Morgan fingerprint density at radius 2 is 1.76 bits per heavy atom. The van der Waals surface area contributed by atoms with Crippen LogP contribution in [0.25, 0.3) is 0 Å². The van der Waals surface area contributed by atoms with E-state index < -0.39 is 22.2 Å². The number of rotatable bonds is 4. The molecular weight excluding hydrogens is 366 g/mol. The van der Waals surface area contributed by atoms with Gasteiger partial charge in [-0.15, -0.1) is 0 Å². The van der Waals surface area contributed by atoms with E-state index in [4.69, 9.17) is 28.9 Å². The molecule has 1 atom stereocenters. The Labute approximate surface area is 153 Å². The number of alkyl halides is 2. The average Bonchev–Trinajstić information content (AvgIpc) is 2.94. The molecule has 5 nitrogen and oxygen atoms in total. The molecule has 2 aromatic rings. The van der Waals surface area contributed by atoms with E-state index in [0.717, 1.165) is 0 Å². The molecular formula is C17H13Cl2FN4O. The number of halogens is 3. The SMILES string of the molecule is NC1=NC(c2ccccc2)=N[C@]1(NC(=O)c1ccc(F)cc1)C(Cl)Cl. The second kappa shape index (κ2) is 6.82. The predicted molar refractivity (Wildman–Crippen MR) is 96.7 cm³/mol. The Hall–Kier alpha value is -2.44. The number of nitrogens with two attached hydrogens (primary N) is 1. The van der Waals surface area contributed by atoms with E-state index in [0.29, 0.717) is 11.4 Å². The van der Waals surface area contributed by atoms with Crippen LogP contribution in [-0.4, -0.2) is 28.1 Å². The number of nitrogens with one attached hydrogen (secondary N) is 1. The summed E-state index contributed by atoms with van der Waals surface area (Å²) in [6, 6.07) is 14.1. The summed E-state index contributed by atoms with van der Waals surface area (Å²) in [7, 11) is 0. The summed E-state index contributed by atoms with van der Waals surface area (Å²) in [6.07, 6.45) is 0. The van der Waals surface area contributed by atoms with Gasteiger partial charge in [-0.05, 0) is 24.3 Å². The van der Waals surface area contributed by atoms with E-state index >= 15 is 0 Å². The van der Waals surface area contributed by atoms with Gasteiger partial charge in [0.1, 0.15) is 5.82 Å². The summed E-state index contributed by atoms with van der Waals surface area (Å²) in [5.41, 5.74) is 5.31. The minimum atomic E-state index is -1.60. The molecule has 128 valence electrons. The number of carbonyl (C=O) groups excluding carboxylic acids is 1. The van der Waals surface area contributed by atoms with Gasteiger partial charge in [-0.2, -0.15) is 0 Å². The zero-order valence-electron chi connectivity index (χ0n) is 12.8. The summed E-state index contributed by atoms with van der Waals surface area (Å²) in [5, 5.41) is 2.61. The van der Waals surface area contributed by atoms with E-state index in [9.17, 15) is 9.18 Å². The quantitative estimate of drug-likeness (QED) is 0.802. The van der Waals surface area contributed by atoms with E-state index in [1.54, 1.807) is 12.1 Å². The Morgan fingerprint density at radius 3 is 2.36 bits per heavy atom. The predicted octanol–water partition coefficient (Wildman–Crippen LogP) is 2.87. The van der Waals surface area contributed by atoms with Crippen LogP contribution in [0.4, 0.5) is 4.39 Å². The normalized spacial score (nSPS) is 19.5. The van der Waals surface area contributed by atoms with Crippen molar-refractivity contribution in [2.24, 2.45) is 15.7 Å². The molecule has 0 bridgehead atoms. The zero-order valence-corrected chi connectivity index (χ0v) is 14.3. The van der Waals surface area contributed by atoms with Crippen LogP contribution in [0, 0.1) is 5.82 Å². The van der Waals surface area contributed by atoms with Crippen LogP contribution in [0.5, 0.6) is 0 Å². The van der Waals surface area contributed by atoms with Crippen LogP contribution < -0.4 is 11.1 Å². The molecule has 0 saturated carbocycles. The first-order valence-electron chi connectivity index (χ1n) is 7.28. The molecule has 1 heterocycles. The lowest BCUT2D eigenvalue weighted by molar-refractivity contribution is 0.0928. The molecule has 25 heavy (non-hydrogen) atoms. The van der Waals surface area contributed by atoms with Crippen LogP contribution in [0.2, 0.25) is 0 Å². The topological polar surface area (TPSA) is 79.8 Å². The zero-order chi connectivity index (χ0) is 18.0. The first-order valence-corrected chi connectivity index (χ1v) is 8.16. The maximum absolute atomic E-state index is 13.0. The third-order valence-corrected chi connectivity index (χ3v) is 4.29. The lowest BCUT2D eigenvalue weighted by Crippen LogP contribution is -2.59. The largest absolute Gasteiger partial charge is 0.383 e. The second-order valence-corrected chi connectivity index (χ2v) is 6.42. The van der Waals surface area contributed by atoms with Crippen LogP contribution in [0.3, 0.4) is 0 Å². The van der Waals surface area contributed by atoms with Gasteiger partial charge in [-0.25, -0.2) is 14.4 Å². The highest BCUT2D eigenvalue weighted by Crippen LogP contribution is 2.28. The fraction of sp³-hybridized carbons (Fsp3) is 0.118. The van der Waals surface area contributed by atoms with Gasteiger partial charge in [-0.1, -0.05) is 53.5 Å². The fourth-order valence-electron chi connectivity index (χ4n) is 2.32. The van der Waals surface area contributed by atoms with Gasteiger partial charge in [0, 0.05) is 11.1 Å². The number of amides is 1. The van der Waals surface area contributed by atoms with Crippen LogP contribution in [-0.2, 0) is 0 Å². The molecule has 0 saturated heterocycles. The lowest BCUT2D eigenvalue weighted by atomic mass is 10.1. The van der Waals surface area contributed by atoms with Crippen molar-refractivity contribution < 1.29 is 9.18 Å². The Morgan fingerprint density at radius 1 is 1.12 bits per heavy atom. The molecule has 0 radical (unpaired) electrons. The minimum Gasteiger partial charge on any atom is -0.383 e. The van der Waals surface area contributed by atoms with Crippen molar-refractivity contribution in [2.75, 3.05) is 0 Å². The maximum atomic E-state index is 13.0. The maximum Gasteiger partial charge on any atom is 0.253 e. The van der Waals surface area contributed by atoms with Crippen molar-refractivity contribution in [3.8, 4) is 0 Å². The van der Waals surface area contributed by atoms with Gasteiger partial charge in [0.2, 0.25) is 5.66 Å². The smallest absolute Gasteiger partial charge is 0.253 e. The van der Waals surface area contributed by atoms with Crippen LogP contribution in [0.1, 0.15) is 15.9 Å². The van der Waals surface area contributed by atoms with Crippen molar-refractivity contribution in [1.82, 2.24) is 5.32 Å². The molecule has 8 heteroatoms. The first-order chi connectivity index (χ1) is 11.9. The third kappa shape index (κ3) is 3.36. The van der Waals surface area contributed by atoms with Crippen molar-refractivity contribution >= 4 is 40.8 Å². The number of hydrogen-bond donors (Lipinski definition) is 2. The summed E-state index contributed by atoms with van der Waals surface area (Å²) in [5.74, 6) is -0.728. The first kappa shape index (κ1) is 17.4. The minimum absolute atomic E-state index is 0.0307. The van der Waals surface area contributed by atoms with Crippen molar-refractivity contribution in [2.45, 2.75) is 10.5 Å². The van der Waals surface area contributed by atoms with E-state index in [2.05, 4.69) is 15.3 Å². The molecule has 0 aromatic heterocycles. The monoisotopic (exact) mass is 378 g/mol. The summed E-state index contributed by atoms with van der Waals surface area (Å²) >= 11 is 12.1. The highest BCUT2D eigenvalue weighted by molar-refractivity contribution is 6.47. The standard InChI is InChI=1S/C17H13Cl2FN4O/c18-15(19)17(24-14(25)11-6-8-12(20)9-7-11)16(21)22-13(23-17)10-4-2-1-3-5-10/h1-9,15H,(H,24,25)(H2,21,22,23)/t17-/m0/s1. The number of hydrogen-bond acceptors (Lipinski definition) is 4. The average molecular weight is 379 g/mol. The van der Waals surface area contributed by atoms with E-state index in [1.807, 2.05) is 18.2 Å². The van der Waals surface area contributed by atoms with Crippen molar-refractivity contribution in [3.63, 3.8) is 0 Å². The van der Waals surface area contributed by atoms with Crippen LogP contribution in [0.15, 0.2) is 64.6 Å². The highest BCUT2D eigenvalue weighted by atomic mass is 35.5. The summed E-state index contributed by atoms with van der Waals surface area (Å²) in [6.45, 7) is 0. The number of aliphatic imine (C=N–C) groups is 2. The molecule has 1 aliphatic heterocycles. The van der Waals surface area contributed by atoms with Crippen LogP contribution >= 0.6 is 23.2 Å². The summed E-state index contributed by atoms with van der Waals surface area (Å²) in [4.78, 5) is 19.9. The molecule has 0 fully saturated rings. The highest BCUT2D eigenvalue weighted by Gasteiger charge is 2.46. The molecule has 0 aliphatic carbocycles. The van der Waals surface area contributed by atoms with Gasteiger partial charge < -0.3 is 11.1 Å². The number of amidine groups is 2. The van der Waals surface area contributed by atoms with Gasteiger partial charge >= 0.3 is 0 Å². The number of carbonyl (C=O) groups is 1. The Kier molecular flexibility index (Phi) is 4.74. The fourth-order valence-corrected chi connectivity index (χ4v) is 2.75. The van der Waals surface area contributed by atoms with Gasteiger partial charge in [0.05, 0.1) is 0 Å². The third-order valence-electron chi connectivity index (χ3n) is 3.66. The lowest BCUT2D eigenvalue weighted by Gasteiger charge is -2.28. The number of benzene rings is 2. The van der Waals surface area contributed by atoms with Gasteiger partial charge in [0.25, 0.3) is 5.91 Å². The molecule has 0 spiro atoms. The Balaban J connectivity index is 1.95. The summed E-state index contributed by atoms with van der Waals surface area (Å²) < 4.78 is 13.0. The molecule has 3 N–H and O–H groups in total. The molecule has 3 rings (SSSR count). The Bertz CT molecular complexity index is 853. The molecule has 1 aliphatic rings. The van der Waals surface area contributed by atoms with Crippen molar-refractivity contribution in [1.29, 1.82) is 0 Å². The van der Waals surface area contributed by atoms with E-state index in [1.165, 1.54) is 24.3 Å². The molecule has 0 unspecified atom stereocenters. The number of nitrogens with zero attached hydrogens (tertiary/aromatic N) is 2. The second-order valence-electron chi connectivity index (χ2n) is 5.33. The van der Waals surface area contributed by atoms with E-state index in [-0.39, 0.29) is 11.4 Å². The molecule has 2 aromatic carbocycles. The van der Waals surface area contributed by atoms with Crippen molar-refractivity contribution in [3.05, 3.63) is 71.5 Å². The molecule has 1 amide bonds. The van der Waals surface area contributed by atoms with Gasteiger partial charge in [-0.3, -0.25) is 4.79 Å².